The van der Waals surface area contributed by atoms with E-state index in [4.69, 9.17) is 24.4 Å². The van der Waals surface area contributed by atoms with Gasteiger partial charge in [-0.3, -0.25) is 9.69 Å². The van der Waals surface area contributed by atoms with Gasteiger partial charge in [-0.15, -0.1) is 6.42 Å². The predicted molar refractivity (Wildman–Crippen MR) is 162 cm³/mol. The molecule has 10 nitrogen and oxygen atoms in total. The molecule has 42 heavy (non-hydrogen) atoms. The number of H-pyrrole nitrogens is 1. The topological polar surface area (TPSA) is 126 Å². The van der Waals surface area contributed by atoms with Gasteiger partial charge in [-0.1, -0.05) is 22.4 Å². The van der Waals surface area contributed by atoms with Crippen LogP contribution in [0.3, 0.4) is 0 Å². The molecule has 0 fully saturated rings. The summed E-state index contributed by atoms with van der Waals surface area (Å²) in [5, 5.41) is 14.2. The number of aromatic nitrogens is 5. The van der Waals surface area contributed by atoms with Crippen molar-refractivity contribution in [2.24, 2.45) is 5.73 Å². The van der Waals surface area contributed by atoms with Crippen molar-refractivity contribution in [1.29, 1.82) is 0 Å². The van der Waals surface area contributed by atoms with Gasteiger partial charge in [-0.2, -0.15) is 9.78 Å². The van der Waals surface area contributed by atoms with E-state index in [1.165, 1.54) is 20.8 Å². The molecule has 208 valence electrons. The van der Waals surface area contributed by atoms with Crippen molar-refractivity contribution in [2.75, 3.05) is 10.2 Å². The second-order valence-electron chi connectivity index (χ2n) is 10.0. The van der Waals surface area contributed by atoms with Gasteiger partial charge in [0.05, 0.1) is 17.1 Å². The molecule has 0 saturated heterocycles. The highest BCUT2D eigenvalue weighted by atomic mass is 32.1. The molecular weight excluding hydrogens is 548 g/mol. The summed E-state index contributed by atoms with van der Waals surface area (Å²) in [4.78, 5) is 27.3. The van der Waals surface area contributed by atoms with Crippen molar-refractivity contribution in [1.82, 2.24) is 20.2 Å². The number of nitrogens with zero attached hydrogens (tertiary/aromatic N) is 5. The normalized spacial score (nSPS) is 12.4. The molecule has 4 N–H and O–H groups in total. The molecule has 5 aromatic rings. The van der Waals surface area contributed by atoms with E-state index in [1.54, 1.807) is 48.5 Å². The second kappa shape index (κ2) is 11.3. The molecule has 0 atom stereocenters. The van der Waals surface area contributed by atoms with Crippen LogP contribution in [0.4, 0.5) is 21.9 Å². The molecule has 2 heterocycles. The third-order valence-corrected chi connectivity index (χ3v) is 7.63. The first kappa shape index (κ1) is 26.9. The molecule has 0 spiro atoms. The average molecular weight is 576 g/mol. The Kier molecular flexibility index (Phi) is 7.21. The zero-order valence-electron chi connectivity index (χ0n) is 22.6. The van der Waals surface area contributed by atoms with E-state index in [0.29, 0.717) is 34.9 Å². The fourth-order valence-corrected chi connectivity index (χ4v) is 5.69. The van der Waals surface area contributed by atoms with Crippen molar-refractivity contribution >= 4 is 52.1 Å². The Morgan fingerprint density at radius 3 is 2.62 bits per heavy atom. The number of fused-ring (bicyclic) bond motifs is 2. The van der Waals surface area contributed by atoms with Crippen LogP contribution >= 0.6 is 12.2 Å². The molecule has 6 rings (SSSR count). The van der Waals surface area contributed by atoms with E-state index in [2.05, 4.69) is 37.4 Å². The molecule has 0 unspecified atom stereocenters. The van der Waals surface area contributed by atoms with Crippen LogP contribution < -0.4 is 20.5 Å². The van der Waals surface area contributed by atoms with Crippen molar-refractivity contribution in [3.8, 4) is 18.0 Å². The summed E-state index contributed by atoms with van der Waals surface area (Å²) < 4.78 is 3.94. The van der Waals surface area contributed by atoms with Gasteiger partial charge >= 0.3 is 6.03 Å². The summed E-state index contributed by atoms with van der Waals surface area (Å²) in [7, 11) is 0. The first-order chi connectivity index (χ1) is 20.4. The maximum absolute atomic E-state index is 13.4. The van der Waals surface area contributed by atoms with Gasteiger partial charge in [-0.05, 0) is 92.0 Å². The van der Waals surface area contributed by atoms with Gasteiger partial charge in [0.1, 0.15) is 0 Å². The number of anilines is 3. The van der Waals surface area contributed by atoms with E-state index in [1.807, 2.05) is 18.2 Å². The summed E-state index contributed by atoms with van der Waals surface area (Å²) in [5.74, 6) is 2.46. The number of tetrazole rings is 1. The van der Waals surface area contributed by atoms with Crippen LogP contribution in [-0.4, -0.2) is 32.1 Å². The quantitative estimate of drug-likeness (QED) is 0.153. The average Bonchev–Trinajstić information content (AvgIpc) is 3.43. The molecule has 11 heteroatoms. The van der Waals surface area contributed by atoms with Crippen LogP contribution in [0.1, 0.15) is 34.5 Å². The van der Waals surface area contributed by atoms with Gasteiger partial charge < -0.3 is 11.1 Å². The van der Waals surface area contributed by atoms with Gasteiger partial charge in [0.15, 0.2) is 5.69 Å². The molecule has 1 aliphatic rings. The van der Waals surface area contributed by atoms with Gasteiger partial charge in [0, 0.05) is 34.7 Å². The minimum atomic E-state index is -0.714. The van der Waals surface area contributed by atoms with Gasteiger partial charge in [0.2, 0.25) is 16.8 Å². The summed E-state index contributed by atoms with van der Waals surface area (Å²) in [6.45, 7) is 0.503. The van der Waals surface area contributed by atoms with Crippen molar-refractivity contribution < 1.29 is 14.2 Å². The fourth-order valence-electron chi connectivity index (χ4n) is 5.50. The van der Waals surface area contributed by atoms with Gasteiger partial charge in [0.25, 0.3) is 5.91 Å². The number of aryl methyl sites for hydroxylation is 1. The standard InChI is InChI=1S/C31H26N8O2S/c1-2-15-37-27-12-4-3-7-20(27)16-22-17-23(13-14-28(22)37)33-29(40)21-8-5-9-24(18-21)38(30(32)41)25-10-6-11-26(19-25)39-31(42)34-35-36-39/h1,5-6,8-11,13-14,16-19H,3-4,7,12,15H2,(H3-,32,33,34,36,40,41,42)/p+1. The molecule has 1 aliphatic carbocycles. The Morgan fingerprint density at radius 1 is 1.07 bits per heavy atom. The van der Waals surface area contributed by atoms with Crippen LogP contribution in [0.25, 0.3) is 16.6 Å². The molecular formula is C31H27N8O2S+. The maximum Gasteiger partial charge on any atom is 0.323 e. The first-order valence-electron chi connectivity index (χ1n) is 13.5. The number of nitrogens with one attached hydrogen (secondary N) is 2. The molecule has 3 amide bonds. The van der Waals surface area contributed by atoms with Crippen LogP contribution in [-0.2, 0) is 19.4 Å². The number of terminal acetylenes is 1. The third-order valence-electron chi connectivity index (χ3n) is 7.37. The summed E-state index contributed by atoms with van der Waals surface area (Å²) in [6.07, 6.45) is 10.0. The Labute approximate surface area is 246 Å². The Bertz CT molecular complexity index is 1950. The zero-order chi connectivity index (χ0) is 29.2. The smallest absolute Gasteiger partial charge is 0.323 e. The lowest BCUT2D eigenvalue weighted by Gasteiger charge is -2.22. The first-order valence-corrected chi connectivity index (χ1v) is 13.9. The number of nitrogens with two attached hydrogens (primary N) is 1. The maximum atomic E-state index is 13.4. The van der Waals surface area contributed by atoms with E-state index < -0.39 is 6.03 Å². The highest BCUT2D eigenvalue weighted by Gasteiger charge is 2.23. The number of pyridine rings is 1. The molecule has 0 bridgehead atoms. The van der Waals surface area contributed by atoms with Crippen LogP contribution in [0.2, 0.25) is 0 Å². The number of benzene rings is 3. The van der Waals surface area contributed by atoms with Crippen LogP contribution in [0, 0.1) is 17.1 Å². The van der Waals surface area contributed by atoms with E-state index >= 15 is 0 Å². The number of carbonyl (C=O) groups excluding carboxylic acids is 2. The predicted octanol–water partition coefficient (Wildman–Crippen LogP) is 4.75. The lowest BCUT2D eigenvalue weighted by Crippen LogP contribution is -2.41. The minimum Gasteiger partial charge on any atom is -0.351 e. The molecule has 0 radical (unpaired) electrons. The van der Waals surface area contributed by atoms with Crippen LogP contribution in [0.15, 0.2) is 72.8 Å². The Balaban J connectivity index is 1.29. The minimum absolute atomic E-state index is 0.232. The zero-order valence-corrected chi connectivity index (χ0v) is 23.4. The Hall–Kier alpha value is -5.34. The highest BCUT2D eigenvalue weighted by Crippen LogP contribution is 2.29. The molecule has 0 aliphatic heterocycles. The monoisotopic (exact) mass is 575 g/mol. The summed E-state index contributed by atoms with van der Waals surface area (Å²) in [5.41, 5.74) is 12.0. The molecule has 0 saturated carbocycles. The van der Waals surface area contributed by atoms with Crippen molar-refractivity contribution in [3.05, 3.63) is 94.4 Å². The van der Waals surface area contributed by atoms with Crippen molar-refractivity contribution in [2.45, 2.75) is 32.2 Å². The van der Waals surface area contributed by atoms with Crippen molar-refractivity contribution in [3.63, 3.8) is 0 Å². The largest absolute Gasteiger partial charge is 0.351 e. The molecule has 2 aromatic heterocycles. The number of primary amides is 1. The van der Waals surface area contributed by atoms with Crippen LogP contribution in [0.5, 0.6) is 0 Å². The lowest BCUT2D eigenvalue weighted by atomic mass is 9.94. The van der Waals surface area contributed by atoms with E-state index in [-0.39, 0.29) is 10.7 Å². The SMILES string of the molecule is C#CC[n+]1c2c(cc3cc(NC(=O)c4cccc(N(C(N)=O)c5cccc(-n6[nH]nnc6=S)c5)c4)ccc31)CCCC2. The number of hydrogen-bond donors (Lipinski definition) is 3. The number of carbonyl (C=O) groups is 2. The lowest BCUT2D eigenvalue weighted by molar-refractivity contribution is -0.667. The number of amides is 3. The molecule has 3 aromatic carbocycles. The fraction of sp³-hybridized carbons (Fsp3) is 0.161. The number of aromatic amines is 1. The second-order valence-corrected chi connectivity index (χ2v) is 10.4. The van der Waals surface area contributed by atoms with E-state index in [0.717, 1.165) is 36.6 Å². The van der Waals surface area contributed by atoms with Gasteiger partial charge in [-0.25, -0.2) is 9.48 Å². The third kappa shape index (κ3) is 5.11. The van der Waals surface area contributed by atoms with E-state index in [9.17, 15) is 9.59 Å². The highest BCUT2D eigenvalue weighted by molar-refractivity contribution is 7.71. The summed E-state index contributed by atoms with van der Waals surface area (Å²) >= 11 is 5.19. The summed E-state index contributed by atoms with van der Waals surface area (Å²) in [6, 6.07) is 21.0. The number of rotatable bonds is 6. The number of urea groups is 1. The Morgan fingerprint density at radius 2 is 1.86 bits per heavy atom. The number of hydrogen-bond acceptors (Lipinski definition) is 5.